The van der Waals surface area contributed by atoms with Gasteiger partial charge < -0.3 is 5.32 Å². The summed E-state index contributed by atoms with van der Waals surface area (Å²) >= 11 is 3.41. The van der Waals surface area contributed by atoms with E-state index in [0.717, 1.165) is 24.7 Å². The van der Waals surface area contributed by atoms with Gasteiger partial charge in [0, 0.05) is 18.3 Å². The monoisotopic (exact) mass is 275 g/mol. The van der Waals surface area contributed by atoms with Crippen LogP contribution >= 0.6 is 15.9 Å². The SMILES string of the molecule is O=C(CC1CCC1)NCCCCCCBr. The van der Waals surface area contributed by atoms with Crippen LogP contribution in [0, 0.1) is 5.92 Å². The first-order chi connectivity index (χ1) is 7.33. The molecule has 1 fully saturated rings. The van der Waals surface area contributed by atoms with Crippen molar-refractivity contribution in [3.05, 3.63) is 0 Å². The van der Waals surface area contributed by atoms with Gasteiger partial charge in [-0.15, -0.1) is 0 Å². The van der Waals surface area contributed by atoms with E-state index in [0.29, 0.717) is 5.92 Å². The first-order valence-corrected chi connectivity index (χ1v) is 7.27. The lowest BCUT2D eigenvalue weighted by molar-refractivity contribution is -0.122. The van der Waals surface area contributed by atoms with Gasteiger partial charge in [0.05, 0.1) is 0 Å². The molecule has 15 heavy (non-hydrogen) atoms. The number of carbonyl (C=O) groups is 1. The molecule has 1 amide bonds. The number of amides is 1. The van der Waals surface area contributed by atoms with Crippen LogP contribution < -0.4 is 5.32 Å². The molecule has 0 unspecified atom stereocenters. The molecule has 1 rings (SSSR count). The fourth-order valence-corrected chi connectivity index (χ4v) is 2.23. The molecular weight excluding hydrogens is 254 g/mol. The number of unbranched alkanes of at least 4 members (excludes halogenated alkanes) is 3. The second kappa shape index (κ2) is 8.14. The first kappa shape index (κ1) is 13.0. The lowest BCUT2D eigenvalue weighted by atomic mass is 9.83. The quantitative estimate of drug-likeness (QED) is 0.535. The summed E-state index contributed by atoms with van der Waals surface area (Å²) in [5.41, 5.74) is 0. The average Bonchev–Trinajstić information content (AvgIpc) is 2.17. The summed E-state index contributed by atoms with van der Waals surface area (Å²) in [7, 11) is 0. The van der Waals surface area contributed by atoms with Gasteiger partial charge in [-0.25, -0.2) is 0 Å². The number of carbonyl (C=O) groups excluding carboxylic acids is 1. The van der Waals surface area contributed by atoms with E-state index in [1.807, 2.05) is 0 Å². The zero-order chi connectivity index (χ0) is 10.9. The zero-order valence-corrected chi connectivity index (χ0v) is 11.0. The molecule has 3 heteroatoms. The summed E-state index contributed by atoms with van der Waals surface area (Å²) in [4.78, 5) is 11.4. The number of rotatable bonds is 8. The smallest absolute Gasteiger partial charge is 0.220 e. The van der Waals surface area contributed by atoms with Crippen molar-refractivity contribution in [3.8, 4) is 0 Å². The van der Waals surface area contributed by atoms with E-state index in [2.05, 4.69) is 21.2 Å². The van der Waals surface area contributed by atoms with Crippen molar-refractivity contribution in [3.63, 3.8) is 0 Å². The van der Waals surface area contributed by atoms with Crippen molar-refractivity contribution in [1.82, 2.24) is 5.32 Å². The standard InChI is InChI=1S/C12H22BrNO/c13-8-3-1-2-4-9-14-12(15)10-11-6-5-7-11/h11H,1-10H2,(H,14,15). The highest BCUT2D eigenvalue weighted by Gasteiger charge is 2.19. The molecule has 0 bridgehead atoms. The Morgan fingerprint density at radius 3 is 2.53 bits per heavy atom. The third kappa shape index (κ3) is 6.18. The van der Waals surface area contributed by atoms with Crippen molar-refractivity contribution in [2.24, 2.45) is 5.92 Å². The fraction of sp³-hybridized carbons (Fsp3) is 0.917. The van der Waals surface area contributed by atoms with E-state index < -0.39 is 0 Å². The van der Waals surface area contributed by atoms with E-state index >= 15 is 0 Å². The molecule has 0 spiro atoms. The maximum Gasteiger partial charge on any atom is 0.220 e. The molecule has 1 aliphatic carbocycles. The summed E-state index contributed by atoms with van der Waals surface area (Å²) in [5, 5.41) is 4.11. The van der Waals surface area contributed by atoms with Crippen LogP contribution in [0.4, 0.5) is 0 Å². The van der Waals surface area contributed by atoms with Gasteiger partial charge in [0.2, 0.25) is 5.91 Å². The molecule has 2 nitrogen and oxygen atoms in total. The summed E-state index contributed by atoms with van der Waals surface area (Å²) in [6, 6.07) is 0. The molecule has 0 atom stereocenters. The third-order valence-corrected chi connectivity index (χ3v) is 3.64. The Balaban J connectivity index is 1.83. The molecule has 0 aliphatic heterocycles. The van der Waals surface area contributed by atoms with Crippen LogP contribution in [0.1, 0.15) is 51.4 Å². The molecule has 0 heterocycles. The number of halogens is 1. The lowest BCUT2D eigenvalue weighted by Crippen LogP contribution is -2.28. The molecule has 0 saturated heterocycles. The number of nitrogens with one attached hydrogen (secondary N) is 1. The Kier molecular flexibility index (Phi) is 7.07. The summed E-state index contributed by atoms with van der Waals surface area (Å²) in [5.74, 6) is 0.957. The van der Waals surface area contributed by atoms with Crippen molar-refractivity contribution >= 4 is 21.8 Å². The van der Waals surface area contributed by atoms with Crippen LogP contribution in [0.3, 0.4) is 0 Å². The third-order valence-electron chi connectivity index (χ3n) is 3.08. The van der Waals surface area contributed by atoms with E-state index in [4.69, 9.17) is 0 Å². The van der Waals surface area contributed by atoms with Gasteiger partial charge in [-0.1, -0.05) is 35.2 Å². The van der Waals surface area contributed by atoms with Crippen LogP contribution in [-0.2, 0) is 4.79 Å². The Hall–Kier alpha value is -0.0500. The summed E-state index contributed by atoms with van der Waals surface area (Å²) in [6.45, 7) is 0.869. The number of alkyl halides is 1. The zero-order valence-electron chi connectivity index (χ0n) is 9.43. The second-order valence-electron chi connectivity index (χ2n) is 4.45. The molecule has 1 saturated carbocycles. The summed E-state index contributed by atoms with van der Waals surface area (Å²) in [6.07, 6.45) is 9.49. The highest BCUT2D eigenvalue weighted by atomic mass is 79.9. The summed E-state index contributed by atoms with van der Waals surface area (Å²) < 4.78 is 0. The van der Waals surface area contributed by atoms with Gasteiger partial charge in [0.15, 0.2) is 0 Å². The molecule has 88 valence electrons. The number of hydrogen-bond acceptors (Lipinski definition) is 1. The van der Waals surface area contributed by atoms with Gasteiger partial charge in [-0.2, -0.15) is 0 Å². The Morgan fingerprint density at radius 1 is 1.20 bits per heavy atom. The topological polar surface area (TPSA) is 29.1 Å². The van der Waals surface area contributed by atoms with Gasteiger partial charge in [0.1, 0.15) is 0 Å². The van der Waals surface area contributed by atoms with E-state index in [1.165, 1.54) is 38.5 Å². The van der Waals surface area contributed by atoms with Crippen LogP contribution in [-0.4, -0.2) is 17.8 Å². The lowest BCUT2D eigenvalue weighted by Gasteiger charge is -2.24. The van der Waals surface area contributed by atoms with Crippen molar-refractivity contribution in [2.45, 2.75) is 51.4 Å². The van der Waals surface area contributed by atoms with Crippen molar-refractivity contribution in [1.29, 1.82) is 0 Å². The Labute approximate surface area is 101 Å². The molecule has 0 aromatic carbocycles. The highest BCUT2D eigenvalue weighted by Crippen LogP contribution is 2.28. The molecule has 1 N–H and O–H groups in total. The van der Waals surface area contributed by atoms with Crippen LogP contribution in [0.2, 0.25) is 0 Å². The Bertz CT molecular complexity index is 180. The van der Waals surface area contributed by atoms with Crippen molar-refractivity contribution in [2.75, 3.05) is 11.9 Å². The first-order valence-electron chi connectivity index (χ1n) is 6.15. The minimum absolute atomic E-state index is 0.264. The maximum atomic E-state index is 11.4. The van der Waals surface area contributed by atoms with Crippen molar-refractivity contribution < 1.29 is 4.79 Å². The number of hydrogen-bond donors (Lipinski definition) is 1. The normalized spacial score (nSPS) is 16.1. The van der Waals surface area contributed by atoms with Gasteiger partial charge in [-0.05, 0) is 31.6 Å². The van der Waals surface area contributed by atoms with E-state index in [9.17, 15) is 4.79 Å². The highest BCUT2D eigenvalue weighted by molar-refractivity contribution is 9.09. The minimum Gasteiger partial charge on any atom is -0.356 e. The molecule has 0 radical (unpaired) electrons. The van der Waals surface area contributed by atoms with E-state index in [-0.39, 0.29) is 5.91 Å². The van der Waals surface area contributed by atoms with E-state index in [1.54, 1.807) is 0 Å². The van der Waals surface area contributed by atoms with Gasteiger partial charge in [-0.3, -0.25) is 4.79 Å². The van der Waals surface area contributed by atoms with Crippen LogP contribution in [0.5, 0.6) is 0 Å². The molecule has 1 aliphatic rings. The fourth-order valence-electron chi connectivity index (χ4n) is 1.83. The molecule has 0 aromatic heterocycles. The van der Waals surface area contributed by atoms with Gasteiger partial charge >= 0.3 is 0 Å². The van der Waals surface area contributed by atoms with Crippen LogP contribution in [0.25, 0.3) is 0 Å². The average molecular weight is 276 g/mol. The second-order valence-corrected chi connectivity index (χ2v) is 5.25. The molecule has 0 aromatic rings. The minimum atomic E-state index is 0.264. The predicted octanol–water partition coefficient (Wildman–Crippen LogP) is 3.25. The predicted molar refractivity (Wildman–Crippen MR) is 67.2 cm³/mol. The maximum absolute atomic E-state index is 11.4. The van der Waals surface area contributed by atoms with Gasteiger partial charge in [0.25, 0.3) is 0 Å². The Morgan fingerprint density at radius 2 is 1.93 bits per heavy atom. The molecular formula is C12H22BrNO. The van der Waals surface area contributed by atoms with Crippen LogP contribution in [0.15, 0.2) is 0 Å². The largest absolute Gasteiger partial charge is 0.356 e.